The molecule has 29 heavy (non-hydrogen) atoms. The molecule has 154 valence electrons. The van der Waals surface area contributed by atoms with E-state index in [1.807, 2.05) is 0 Å². The van der Waals surface area contributed by atoms with E-state index < -0.39 is 21.7 Å². The van der Waals surface area contributed by atoms with Crippen LogP contribution in [0.3, 0.4) is 0 Å². The number of esters is 1. The van der Waals surface area contributed by atoms with Crippen LogP contribution in [0.25, 0.3) is 11.1 Å². The number of carbonyl (C=O) groups excluding carboxylic acids is 1. The molecule has 0 unspecified atom stereocenters. The Hall–Kier alpha value is -2.08. The molecule has 4 rings (SSSR count). The van der Waals surface area contributed by atoms with Gasteiger partial charge in [0.05, 0.1) is 12.1 Å². The van der Waals surface area contributed by atoms with Crippen LogP contribution in [0.2, 0.25) is 0 Å². The molecule has 1 fully saturated rings. The van der Waals surface area contributed by atoms with E-state index in [0.29, 0.717) is 24.2 Å². The average molecular weight is 455 g/mol. The highest BCUT2D eigenvalue weighted by molar-refractivity contribution is 7.99. The van der Waals surface area contributed by atoms with Crippen LogP contribution in [0.15, 0.2) is 49.8 Å². The van der Waals surface area contributed by atoms with Crippen molar-refractivity contribution >= 4 is 50.2 Å². The second-order valence-corrected chi connectivity index (χ2v) is 10.3. The predicted molar refractivity (Wildman–Crippen MR) is 111 cm³/mol. The molecule has 0 aliphatic carbocycles. The fourth-order valence-electron chi connectivity index (χ4n) is 3.10. The number of thiophene rings is 1. The minimum Gasteiger partial charge on any atom is -0.460 e. The van der Waals surface area contributed by atoms with E-state index in [-0.39, 0.29) is 22.9 Å². The second-order valence-electron chi connectivity index (χ2n) is 6.25. The monoisotopic (exact) mass is 454 g/mol. The molecule has 0 bridgehead atoms. The molecule has 1 aliphatic heterocycles. The van der Waals surface area contributed by atoms with Crippen LogP contribution in [0.4, 0.5) is 0 Å². The maximum absolute atomic E-state index is 12.9. The van der Waals surface area contributed by atoms with Gasteiger partial charge in [-0.3, -0.25) is 4.57 Å². The zero-order chi connectivity index (χ0) is 20.4. The van der Waals surface area contributed by atoms with Crippen LogP contribution in [0.1, 0.15) is 9.67 Å². The number of ether oxygens (including phenoxy) is 1. The molecular weight excluding hydrogens is 436 g/mol. The molecule has 0 saturated carbocycles. The third kappa shape index (κ3) is 4.00. The fraction of sp³-hybridized carbons (Fsp3) is 0.333. The highest BCUT2D eigenvalue weighted by Gasteiger charge is 2.31. The first kappa shape index (κ1) is 20.2. The van der Waals surface area contributed by atoms with Gasteiger partial charge in [0, 0.05) is 24.6 Å². The van der Waals surface area contributed by atoms with Crippen molar-refractivity contribution in [2.45, 2.75) is 11.4 Å². The lowest BCUT2D eigenvalue weighted by molar-refractivity contribution is 0.0491. The average Bonchev–Trinajstić information content (AvgIpc) is 3.34. The van der Waals surface area contributed by atoms with E-state index in [9.17, 15) is 18.0 Å². The number of thioether (sulfide) groups is 1. The van der Waals surface area contributed by atoms with Crippen molar-refractivity contribution in [2.75, 3.05) is 31.2 Å². The highest BCUT2D eigenvalue weighted by atomic mass is 32.2. The van der Waals surface area contributed by atoms with Crippen molar-refractivity contribution < 1.29 is 22.4 Å². The van der Waals surface area contributed by atoms with Gasteiger partial charge in [0.2, 0.25) is 10.0 Å². The zero-order valence-corrected chi connectivity index (χ0v) is 17.7. The largest absolute Gasteiger partial charge is 0.460 e. The molecule has 0 spiro atoms. The van der Waals surface area contributed by atoms with Crippen molar-refractivity contribution in [2.24, 2.45) is 0 Å². The number of sulfonamides is 1. The summed E-state index contributed by atoms with van der Waals surface area (Å²) in [5.41, 5.74) is 1.06. The summed E-state index contributed by atoms with van der Waals surface area (Å²) < 4.78 is 39.0. The number of carbonyl (C=O) groups is 1. The molecule has 2 aromatic heterocycles. The van der Waals surface area contributed by atoms with Gasteiger partial charge in [-0.2, -0.15) is 16.1 Å². The van der Waals surface area contributed by atoms with Gasteiger partial charge in [-0.25, -0.2) is 18.0 Å². The third-order valence-electron chi connectivity index (χ3n) is 4.52. The third-order valence-corrected chi connectivity index (χ3v) is 8.43. The lowest BCUT2D eigenvalue weighted by Crippen LogP contribution is -2.38. The summed E-state index contributed by atoms with van der Waals surface area (Å²) in [6.07, 6.45) is 0. The smallest absolute Gasteiger partial charge is 0.420 e. The summed E-state index contributed by atoms with van der Waals surface area (Å²) in [7, 11) is -3.74. The second kappa shape index (κ2) is 8.34. The first-order chi connectivity index (χ1) is 14.0. The van der Waals surface area contributed by atoms with Crippen molar-refractivity contribution in [1.29, 1.82) is 0 Å². The van der Waals surface area contributed by atoms with Crippen molar-refractivity contribution in [1.82, 2.24) is 8.87 Å². The van der Waals surface area contributed by atoms with E-state index in [0.717, 1.165) is 22.8 Å². The first-order valence-corrected chi connectivity index (χ1v) is 12.4. The number of rotatable bonds is 6. The number of nitrogens with zero attached hydrogens (tertiary/aromatic N) is 2. The number of aromatic nitrogens is 1. The van der Waals surface area contributed by atoms with E-state index in [4.69, 9.17) is 9.15 Å². The molecule has 0 amide bonds. The fourth-order valence-corrected chi connectivity index (χ4v) is 6.96. The van der Waals surface area contributed by atoms with Gasteiger partial charge in [-0.05, 0) is 23.6 Å². The molecule has 1 aliphatic rings. The molecule has 3 aromatic rings. The van der Waals surface area contributed by atoms with Crippen LogP contribution in [0.5, 0.6) is 0 Å². The number of oxazole rings is 1. The number of hydrogen-bond donors (Lipinski definition) is 0. The lowest BCUT2D eigenvalue weighted by atomic mass is 10.3. The Morgan fingerprint density at radius 1 is 1.17 bits per heavy atom. The van der Waals surface area contributed by atoms with E-state index in [1.54, 1.807) is 41.4 Å². The molecular formula is C18H18N2O6S3. The molecule has 0 radical (unpaired) electrons. The van der Waals surface area contributed by atoms with Crippen LogP contribution < -0.4 is 5.76 Å². The van der Waals surface area contributed by atoms with Gasteiger partial charge < -0.3 is 9.15 Å². The van der Waals surface area contributed by atoms with Crippen molar-refractivity contribution in [3.05, 3.63) is 51.1 Å². The Morgan fingerprint density at radius 2 is 1.93 bits per heavy atom. The SMILES string of the molecule is O=C(OCCn1c(=O)oc2ccccc21)c1sccc1S(=O)(=O)N1CCSCC1. The minimum atomic E-state index is -3.74. The molecule has 11 heteroatoms. The molecule has 1 saturated heterocycles. The molecule has 1 aromatic carbocycles. The highest BCUT2D eigenvalue weighted by Crippen LogP contribution is 2.27. The number of fused-ring (bicyclic) bond motifs is 1. The standard InChI is InChI=1S/C18H18N2O6S3/c21-17(25-9-6-20-13-3-1-2-4-14(13)26-18(20)22)16-15(5-10-28-16)29(23,24)19-7-11-27-12-8-19/h1-5,10H,6-9,11-12H2. The van der Waals surface area contributed by atoms with Crippen molar-refractivity contribution in [3.63, 3.8) is 0 Å². The Balaban J connectivity index is 1.47. The summed E-state index contributed by atoms with van der Waals surface area (Å²) in [4.78, 5) is 24.5. The van der Waals surface area contributed by atoms with Crippen LogP contribution in [0, 0.1) is 0 Å². The number of para-hydroxylation sites is 2. The van der Waals surface area contributed by atoms with Crippen molar-refractivity contribution in [3.8, 4) is 0 Å². The van der Waals surface area contributed by atoms with Crippen LogP contribution >= 0.6 is 23.1 Å². The van der Waals surface area contributed by atoms with Gasteiger partial charge in [0.1, 0.15) is 16.4 Å². The van der Waals surface area contributed by atoms with Crippen LogP contribution in [-0.4, -0.2) is 54.5 Å². The molecule has 0 N–H and O–H groups in total. The van der Waals surface area contributed by atoms with Gasteiger partial charge in [0.25, 0.3) is 0 Å². The quantitative estimate of drug-likeness (QED) is 0.527. The summed E-state index contributed by atoms with van der Waals surface area (Å²) in [5.74, 6) is 0.211. The number of benzene rings is 1. The van der Waals surface area contributed by atoms with Gasteiger partial charge >= 0.3 is 11.7 Å². The summed E-state index contributed by atoms with van der Waals surface area (Å²) in [5, 5.41) is 1.57. The van der Waals surface area contributed by atoms with Gasteiger partial charge in [0.15, 0.2) is 5.58 Å². The van der Waals surface area contributed by atoms with Gasteiger partial charge in [-0.15, -0.1) is 11.3 Å². The van der Waals surface area contributed by atoms with Gasteiger partial charge in [-0.1, -0.05) is 12.1 Å². The summed E-state index contributed by atoms with van der Waals surface area (Å²) >= 11 is 2.73. The van der Waals surface area contributed by atoms with E-state index in [2.05, 4.69) is 0 Å². The summed E-state index contributed by atoms with van der Waals surface area (Å²) in [6.45, 7) is 0.875. The Labute approximate surface area is 175 Å². The Bertz CT molecular complexity index is 1190. The minimum absolute atomic E-state index is 0.0228. The zero-order valence-electron chi connectivity index (χ0n) is 15.3. The van der Waals surface area contributed by atoms with E-state index >= 15 is 0 Å². The first-order valence-electron chi connectivity index (χ1n) is 8.89. The maximum atomic E-state index is 12.9. The predicted octanol–water partition coefficient (Wildman–Crippen LogP) is 2.25. The molecule has 3 heterocycles. The maximum Gasteiger partial charge on any atom is 0.420 e. The lowest BCUT2D eigenvalue weighted by Gasteiger charge is -2.25. The normalized spacial score (nSPS) is 15.6. The Morgan fingerprint density at radius 3 is 2.72 bits per heavy atom. The summed E-state index contributed by atoms with van der Waals surface area (Å²) in [6, 6.07) is 8.40. The molecule has 8 nitrogen and oxygen atoms in total. The van der Waals surface area contributed by atoms with E-state index in [1.165, 1.54) is 14.9 Å². The topological polar surface area (TPSA) is 98.8 Å². The van der Waals surface area contributed by atoms with Crippen LogP contribution in [-0.2, 0) is 21.3 Å². The Kier molecular flexibility index (Phi) is 5.81. The molecule has 0 atom stereocenters. The number of hydrogen-bond acceptors (Lipinski definition) is 8.